The first-order valence-electron chi connectivity index (χ1n) is 4.82. The Morgan fingerprint density at radius 1 is 1.40 bits per heavy atom. The second kappa shape index (κ2) is 6.69. The Balaban J connectivity index is 2.66. The van der Waals surface area contributed by atoms with Gasteiger partial charge in [0, 0.05) is 23.5 Å². The van der Waals surface area contributed by atoms with Crippen molar-refractivity contribution in [2.24, 2.45) is 0 Å². The number of likely N-dealkylation sites (N-methyl/N-ethyl adjacent to an activating group) is 1. The van der Waals surface area contributed by atoms with Gasteiger partial charge in [-0.3, -0.25) is 0 Å². The lowest BCUT2D eigenvalue weighted by Gasteiger charge is -2.10. The van der Waals surface area contributed by atoms with E-state index in [0.717, 1.165) is 28.9 Å². The molecule has 0 aliphatic carbocycles. The highest BCUT2D eigenvalue weighted by Gasteiger charge is 2.03. The van der Waals surface area contributed by atoms with Crippen LogP contribution in [0.15, 0.2) is 18.2 Å². The molecule has 1 aromatic carbocycles. The number of benzene rings is 1. The third-order valence-corrected chi connectivity index (χ3v) is 2.63. The summed E-state index contributed by atoms with van der Waals surface area (Å²) in [7, 11) is 3.57. The van der Waals surface area contributed by atoms with Crippen molar-refractivity contribution < 1.29 is 9.47 Å². The molecule has 84 valence electrons. The van der Waals surface area contributed by atoms with Crippen molar-refractivity contribution in [3.8, 4) is 11.5 Å². The number of hydrogen-bond donors (Lipinski definition) is 1. The molecule has 0 spiro atoms. The van der Waals surface area contributed by atoms with Gasteiger partial charge in [0.25, 0.3) is 0 Å². The highest BCUT2D eigenvalue weighted by atomic mass is 79.9. The maximum absolute atomic E-state index is 5.53. The van der Waals surface area contributed by atoms with Gasteiger partial charge in [-0.15, -0.1) is 0 Å². The van der Waals surface area contributed by atoms with Crippen LogP contribution in [0.1, 0.15) is 5.56 Å². The van der Waals surface area contributed by atoms with Crippen LogP contribution in [0.4, 0.5) is 0 Å². The van der Waals surface area contributed by atoms with Crippen LogP contribution in [0.5, 0.6) is 11.5 Å². The van der Waals surface area contributed by atoms with Gasteiger partial charge in [-0.2, -0.15) is 0 Å². The lowest BCUT2D eigenvalue weighted by molar-refractivity contribution is 0.315. The molecule has 0 fully saturated rings. The van der Waals surface area contributed by atoms with Gasteiger partial charge < -0.3 is 14.8 Å². The van der Waals surface area contributed by atoms with Gasteiger partial charge >= 0.3 is 0 Å². The fourth-order valence-electron chi connectivity index (χ4n) is 1.20. The Hall–Kier alpha value is -0.740. The van der Waals surface area contributed by atoms with Crippen LogP contribution in [-0.4, -0.2) is 27.3 Å². The minimum atomic E-state index is 0.660. The van der Waals surface area contributed by atoms with Crippen LogP contribution < -0.4 is 14.8 Å². The zero-order valence-electron chi connectivity index (χ0n) is 9.05. The van der Waals surface area contributed by atoms with E-state index in [-0.39, 0.29) is 0 Å². The van der Waals surface area contributed by atoms with Crippen LogP contribution in [0.25, 0.3) is 0 Å². The van der Waals surface area contributed by atoms with Gasteiger partial charge in [-0.25, -0.2) is 0 Å². The topological polar surface area (TPSA) is 30.5 Å². The zero-order chi connectivity index (χ0) is 11.1. The summed E-state index contributed by atoms with van der Waals surface area (Å²) in [5, 5.41) is 3.81. The molecule has 1 rings (SSSR count). The van der Waals surface area contributed by atoms with Crippen molar-refractivity contribution in [2.45, 2.75) is 5.33 Å². The summed E-state index contributed by atoms with van der Waals surface area (Å²) in [6.45, 7) is 1.50. The summed E-state index contributed by atoms with van der Waals surface area (Å²) in [5.41, 5.74) is 1.12. The summed E-state index contributed by atoms with van der Waals surface area (Å²) in [6.07, 6.45) is 0. The smallest absolute Gasteiger partial charge is 0.126 e. The second-order valence-corrected chi connectivity index (χ2v) is 3.62. The van der Waals surface area contributed by atoms with Crippen LogP contribution in [0.2, 0.25) is 0 Å². The van der Waals surface area contributed by atoms with Crippen LogP contribution >= 0.6 is 15.9 Å². The summed E-state index contributed by atoms with van der Waals surface area (Å²) in [5.74, 6) is 1.70. The molecule has 0 saturated heterocycles. The van der Waals surface area contributed by atoms with Crippen LogP contribution in [0, 0.1) is 0 Å². The largest absolute Gasteiger partial charge is 0.496 e. The average molecular weight is 274 g/mol. The summed E-state index contributed by atoms with van der Waals surface area (Å²) in [6, 6.07) is 5.86. The molecule has 1 N–H and O–H groups in total. The molecular weight excluding hydrogens is 258 g/mol. The molecule has 0 radical (unpaired) electrons. The fraction of sp³-hybridized carbons (Fsp3) is 0.455. The van der Waals surface area contributed by atoms with Gasteiger partial charge in [0.15, 0.2) is 0 Å². The van der Waals surface area contributed by atoms with E-state index in [1.165, 1.54) is 0 Å². The Kier molecular flexibility index (Phi) is 5.50. The molecule has 3 nitrogen and oxygen atoms in total. The Morgan fingerprint density at radius 2 is 2.20 bits per heavy atom. The van der Waals surface area contributed by atoms with E-state index in [0.29, 0.717) is 6.61 Å². The van der Waals surface area contributed by atoms with E-state index in [9.17, 15) is 0 Å². The molecule has 0 amide bonds. The third-order valence-electron chi connectivity index (χ3n) is 2.02. The number of nitrogens with one attached hydrogen (secondary N) is 1. The first-order chi connectivity index (χ1) is 7.31. The molecule has 0 heterocycles. The molecule has 15 heavy (non-hydrogen) atoms. The van der Waals surface area contributed by atoms with Crippen LogP contribution in [0.3, 0.4) is 0 Å². The van der Waals surface area contributed by atoms with Gasteiger partial charge in [0.05, 0.1) is 7.11 Å². The van der Waals surface area contributed by atoms with Crippen LogP contribution in [-0.2, 0) is 5.33 Å². The van der Waals surface area contributed by atoms with Gasteiger partial charge in [-0.05, 0) is 13.1 Å². The summed E-state index contributed by atoms with van der Waals surface area (Å²) < 4.78 is 10.8. The number of alkyl halides is 1. The molecule has 0 aliphatic rings. The normalized spacial score (nSPS) is 10.1. The molecule has 0 saturated carbocycles. The summed E-state index contributed by atoms with van der Waals surface area (Å²) >= 11 is 3.41. The van der Waals surface area contributed by atoms with E-state index in [1.54, 1.807) is 7.11 Å². The maximum Gasteiger partial charge on any atom is 0.126 e. The number of ether oxygens (including phenoxy) is 2. The van der Waals surface area contributed by atoms with Crippen molar-refractivity contribution >= 4 is 15.9 Å². The summed E-state index contributed by atoms with van der Waals surface area (Å²) in [4.78, 5) is 0. The Labute approximate surface area is 98.9 Å². The van der Waals surface area contributed by atoms with Crippen molar-refractivity contribution in [3.05, 3.63) is 23.8 Å². The monoisotopic (exact) mass is 273 g/mol. The highest BCUT2D eigenvalue weighted by Crippen LogP contribution is 2.26. The third kappa shape index (κ3) is 3.72. The van der Waals surface area contributed by atoms with Crippen molar-refractivity contribution in [1.82, 2.24) is 5.32 Å². The molecular formula is C11H16BrNO2. The van der Waals surface area contributed by atoms with Gasteiger partial charge in [-0.1, -0.05) is 22.0 Å². The number of rotatable bonds is 6. The predicted octanol–water partition coefficient (Wildman–Crippen LogP) is 2.19. The Bertz CT molecular complexity index is 305. The van der Waals surface area contributed by atoms with E-state index in [4.69, 9.17) is 9.47 Å². The van der Waals surface area contributed by atoms with Crippen molar-refractivity contribution in [2.75, 3.05) is 27.3 Å². The standard InChI is InChI=1S/C11H16BrNO2/c1-13-5-6-15-10-4-3-9(8-12)11(7-10)14-2/h3-4,7,13H,5-6,8H2,1-2H3. The van der Waals surface area contributed by atoms with E-state index in [1.807, 2.05) is 25.2 Å². The van der Waals surface area contributed by atoms with E-state index < -0.39 is 0 Å². The minimum Gasteiger partial charge on any atom is -0.496 e. The quantitative estimate of drug-likeness (QED) is 0.637. The second-order valence-electron chi connectivity index (χ2n) is 3.06. The SMILES string of the molecule is CNCCOc1ccc(CBr)c(OC)c1. The van der Waals surface area contributed by atoms with E-state index >= 15 is 0 Å². The number of halogens is 1. The minimum absolute atomic E-state index is 0.660. The zero-order valence-corrected chi connectivity index (χ0v) is 10.6. The first kappa shape index (κ1) is 12.3. The molecule has 0 bridgehead atoms. The van der Waals surface area contributed by atoms with Crippen molar-refractivity contribution in [1.29, 1.82) is 0 Å². The Morgan fingerprint density at radius 3 is 2.80 bits per heavy atom. The number of hydrogen-bond acceptors (Lipinski definition) is 3. The van der Waals surface area contributed by atoms with E-state index in [2.05, 4.69) is 21.2 Å². The fourth-order valence-corrected chi connectivity index (χ4v) is 1.66. The lowest BCUT2D eigenvalue weighted by Crippen LogP contribution is -2.15. The lowest BCUT2D eigenvalue weighted by atomic mass is 10.2. The van der Waals surface area contributed by atoms with Gasteiger partial charge in [0.2, 0.25) is 0 Å². The molecule has 1 aromatic rings. The van der Waals surface area contributed by atoms with Gasteiger partial charge in [0.1, 0.15) is 18.1 Å². The number of methoxy groups -OCH3 is 1. The molecule has 0 aliphatic heterocycles. The predicted molar refractivity (Wildman–Crippen MR) is 65.0 cm³/mol. The van der Waals surface area contributed by atoms with Crippen molar-refractivity contribution in [3.63, 3.8) is 0 Å². The molecule has 0 aromatic heterocycles. The molecule has 0 atom stereocenters. The highest BCUT2D eigenvalue weighted by molar-refractivity contribution is 9.08. The maximum atomic E-state index is 5.53. The average Bonchev–Trinajstić information content (AvgIpc) is 2.29. The molecule has 0 unspecified atom stereocenters. The molecule has 4 heteroatoms. The first-order valence-corrected chi connectivity index (χ1v) is 5.94.